The molecule has 2 heterocycles. The molecule has 1 amide bonds. The topological polar surface area (TPSA) is 78.4 Å². The van der Waals surface area contributed by atoms with Gasteiger partial charge in [-0.05, 0) is 48.9 Å². The molecule has 3 aromatic rings. The quantitative estimate of drug-likeness (QED) is 0.554. The molecule has 1 N–H and O–H groups in total. The summed E-state index contributed by atoms with van der Waals surface area (Å²) in [4.78, 5) is 28.4. The Morgan fingerprint density at radius 3 is 2.34 bits per heavy atom. The van der Waals surface area contributed by atoms with Crippen LogP contribution in [0.1, 0.15) is 37.7 Å². The largest absolute Gasteiger partial charge is 0.369 e. The highest BCUT2D eigenvalue weighted by Gasteiger charge is 2.20. The Labute approximate surface area is 189 Å². The van der Waals surface area contributed by atoms with E-state index in [0.717, 1.165) is 48.0 Å². The first-order chi connectivity index (χ1) is 15.5. The predicted octanol–water partition coefficient (Wildman–Crippen LogP) is 3.13. The first kappa shape index (κ1) is 22.0. The fraction of sp³-hybridized carbons (Fsp3) is 0.304. The number of nitrogens with zero attached hydrogens (tertiary/aromatic N) is 4. The van der Waals surface area contributed by atoms with Gasteiger partial charge in [0, 0.05) is 44.0 Å². The number of anilines is 1. The third-order valence-corrected chi connectivity index (χ3v) is 6.30. The van der Waals surface area contributed by atoms with Gasteiger partial charge in [0.05, 0.1) is 6.54 Å². The number of Topliss-reactive ketones (excluding diaryl/α,β-unsaturated/α-hetero) is 1. The highest BCUT2D eigenvalue weighted by molar-refractivity contribution is 7.13. The minimum atomic E-state index is -0.305. The Hall–Kier alpha value is -3.17. The average Bonchev–Trinajstić information content (AvgIpc) is 3.28. The van der Waals surface area contributed by atoms with Crippen molar-refractivity contribution >= 4 is 28.7 Å². The predicted molar refractivity (Wildman–Crippen MR) is 121 cm³/mol. The van der Waals surface area contributed by atoms with Crippen LogP contribution >= 0.6 is 11.3 Å². The maximum Gasteiger partial charge on any atom is 0.282 e. The van der Waals surface area contributed by atoms with E-state index in [1.165, 1.54) is 23.5 Å². The molecule has 1 aromatic heterocycles. The van der Waals surface area contributed by atoms with Crippen molar-refractivity contribution in [1.29, 1.82) is 0 Å². The van der Waals surface area contributed by atoms with Gasteiger partial charge in [-0.3, -0.25) is 14.5 Å². The Balaban J connectivity index is 1.25. The first-order valence-electron chi connectivity index (χ1n) is 10.4. The van der Waals surface area contributed by atoms with E-state index in [0.29, 0.717) is 18.1 Å². The Bertz CT molecular complexity index is 1080. The van der Waals surface area contributed by atoms with Gasteiger partial charge in [0.2, 0.25) is 5.01 Å². The zero-order valence-corrected chi connectivity index (χ0v) is 18.6. The molecule has 1 saturated heterocycles. The zero-order chi connectivity index (χ0) is 22.5. The van der Waals surface area contributed by atoms with E-state index in [-0.39, 0.29) is 17.5 Å². The number of piperazine rings is 1. The average molecular weight is 454 g/mol. The molecule has 2 aromatic carbocycles. The number of aromatic nitrogens is 2. The summed E-state index contributed by atoms with van der Waals surface area (Å²) in [5.74, 6) is -0.514. The number of ketones is 1. The van der Waals surface area contributed by atoms with Crippen molar-refractivity contribution in [3.8, 4) is 0 Å². The number of amides is 1. The van der Waals surface area contributed by atoms with Crippen molar-refractivity contribution in [3.05, 3.63) is 75.5 Å². The smallest absolute Gasteiger partial charge is 0.282 e. The molecular formula is C23H24FN5O2S. The summed E-state index contributed by atoms with van der Waals surface area (Å²) in [6.07, 6.45) is 0. The summed E-state index contributed by atoms with van der Waals surface area (Å²) in [6, 6.07) is 13.7. The molecular weight excluding hydrogens is 429 g/mol. The van der Waals surface area contributed by atoms with Crippen LogP contribution in [-0.2, 0) is 13.1 Å². The van der Waals surface area contributed by atoms with Crippen LogP contribution in [0.5, 0.6) is 0 Å². The summed E-state index contributed by atoms with van der Waals surface area (Å²) in [6.45, 7) is 6.04. The molecule has 4 rings (SSSR count). The molecule has 1 fully saturated rings. The van der Waals surface area contributed by atoms with Crippen LogP contribution < -0.4 is 10.2 Å². The van der Waals surface area contributed by atoms with E-state index in [2.05, 4.69) is 25.3 Å². The normalized spacial score (nSPS) is 14.4. The number of carbonyl (C=O) groups is 2. The lowest BCUT2D eigenvalue weighted by atomic mass is 10.1. The van der Waals surface area contributed by atoms with Crippen molar-refractivity contribution < 1.29 is 14.0 Å². The van der Waals surface area contributed by atoms with Crippen LogP contribution in [0.4, 0.5) is 10.1 Å². The summed E-state index contributed by atoms with van der Waals surface area (Å²) >= 11 is 1.29. The molecule has 1 aliphatic heterocycles. The minimum absolute atomic E-state index is 0.0712. The molecule has 0 aliphatic carbocycles. The molecule has 0 unspecified atom stereocenters. The molecule has 32 heavy (non-hydrogen) atoms. The van der Waals surface area contributed by atoms with Crippen molar-refractivity contribution in [2.75, 3.05) is 31.1 Å². The molecule has 9 heteroatoms. The third kappa shape index (κ3) is 5.54. The highest BCUT2D eigenvalue weighted by Crippen LogP contribution is 2.19. The minimum Gasteiger partial charge on any atom is -0.369 e. The van der Waals surface area contributed by atoms with Crippen LogP contribution in [0.3, 0.4) is 0 Å². The number of hydrogen-bond acceptors (Lipinski definition) is 7. The van der Waals surface area contributed by atoms with E-state index >= 15 is 0 Å². The molecule has 166 valence electrons. The maximum atomic E-state index is 13.0. The SMILES string of the molecule is CC(=O)c1ccc(N2CCN(Cc3nnc(C(=O)NCc4ccc(F)cc4)s3)CC2)cc1. The fourth-order valence-electron chi connectivity index (χ4n) is 3.53. The van der Waals surface area contributed by atoms with Gasteiger partial charge in [-0.25, -0.2) is 4.39 Å². The van der Waals surface area contributed by atoms with Crippen molar-refractivity contribution in [2.24, 2.45) is 0 Å². The van der Waals surface area contributed by atoms with Gasteiger partial charge in [-0.2, -0.15) is 0 Å². The first-order valence-corrected chi connectivity index (χ1v) is 11.2. The van der Waals surface area contributed by atoms with Gasteiger partial charge in [0.25, 0.3) is 5.91 Å². The highest BCUT2D eigenvalue weighted by atomic mass is 32.1. The van der Waals surface area contributed by atoms with Gasteiger partial charge < -0.3 is 10.2 Å². The van der Waals surface area contributed by atoms with Crippen molar-refractivity contribution in [1.82, 2.24) is 20.4 Å². The number of hydrogen-bond donors (Lipinski definition) is 1. The maximum absolute atomic E-state index is 13.0. The Morgan fingerprint density at radius 2 is 1.69 bits per heavy atom. The number of benzene rings is 2. The van der Waals surface area contributed by atoms with E-state index in [4.69, 9.17) is 0 Å². The van der Waals surface area contributed by atoms with Crippen molar-refractivity contribution in [2.45, 2.75) is 20.0 Å². The van der Waals surface area contributed by atoms with Crippen LogP contribution in [-0.4, -0.2) is 53.0 Å². The summed E-state index contributed by atoms with van der Waals surface area (Å²) in [7, 11) is 0. The molecule has 0 bridgehead atoms. The van der Waals surface area contributed by atoms with E-state index in [1.54, 1.807) is 19.1 Å². The van der Waals surface area contributed by atoms with Gasteiger partial charge >= 0.3 is 0 Å². The second-order valence-corrected chi connectivity index (χ2v) is 8.74. The van der Waals surface area contributed by atoms with E-state index in [1.807, 2.05) is 24.3 Å². The second-order valence-electron chi connectivity index (χ2n) is 7.68. The molecule has 7 nitrogen and oxygen atoms in total. The molecule has 0 radical (unpaired) electrons. The van der Waals surface area contributed by atoms with Crippen LogP contribution in [0.15, 0.2) is 48.5 Å². The van der Waals surface area contributed by atoms with Crippen LogP contribution in [0.2, 0.25) is 0 Å². The van der Waals surface area contributed by atoms with Gasteiger partial charge in [0.1, 0.15) is 10.8 Å². The van der Waals surface area contributed by atoms with Gasteiger partial charge in [-0.15, -0.1) is 10.2 Å². The molecule has 0 saturated carbocycles. The van der Waals surface area contributed by atoms with E-state index < -0.39 is 0 Å². The summed E-state index contributed by atoms with van der Waals surface area (Å²) in [5, 5.41) is 12.1. The molecule has 1 aliphatic rings. The summed E-state index contributed by atoms with van der Waals surface area (Å²) in [5.41, 5.74) is 2.66. The number of halogens is 1. The van der Waals surface area contributed by atoms with Gasteiger partial charge in [0.15, 0.2) is 5.78 Å². The van der Waals surface area contributed by atoms with Gasteiger partial charge in [-0.1, -0.05) is 23.5 Å². The van der Waals surface area contributed by atoms with E-state index in [9.17, 15) is 14.0 Å². The number of rotatable bonds is 7. The van der Waals surface area contributed by atoms with Crippen LogP contribution in [0, 0.1) is 5.82 Å². The third-order valence-electron chi connectivity index (χ3n) is 5.40. The molecule has 0 spiro atoms. The molecule has 0 atom stereocenters. The standard InChI is InChI=1S/C23H24FN5O2S/c1-16(30)18-4-8-20(9-5-18)29-12-10-28(11-13-29)15-21-26-27-23(32-21)22(31)25-14-17-2-6-19(24)7-3-17/h2-9H,10-15H2,1H3,(H,25,31). The lowest BCUT2D eigenvalue weighted by Crippen LogP contribution is -2.45. The Morgan fingerprint density at radius 1 is 1.00 bits per heavy atom. The fourth-order valence-corrected chi connectivity index (χ4v) is 4.33. The second kappa shape index (κ2) is 9.97. The summed E-state index contributed by atoms with van der Waals surface area (Å²) < 4.78 is 13.0. The lowest BCUT2D eigenvalue weighted by molar-refractivity contribution is 0.0948. The number of carbonyl (C=O) groups excluding carboxylic acids is 2. The zero-order valence-electron chi connectivity index (χ0n) is 17.8. The Kier molecular flexibility index (Phi) is 6.87. The monoisotopic (exact) mass is 453 g/mol. The lowest BCUT2D eigenvalue weighted by Gasteiger charge is -2.35. The van der Waals surface area contributed by atoms with Crippen molar-refractivity contribution in [3.63, 3.8) is 0 Å². The van der Waals surface area contributed by atoms with Crippen LogP contribution in [0.25, 0.3) is 0 Å². The number of nitrogens with one attached hydrogen (secondary N) is 1.